The molecule has 3 aromatic carbocycles. The first-order valence-corrected chi connectivity index (χ1v) is 14.8. The lowest BCUT2D eigenvalue weighted by Gasteiger charge is -2.14. The highest BCUT2D eigenvalue weighted by Gasteiger charge is 2.23. The Morgan fingerprint density at radius 2 is 1.57 bits per heavy atom. The zero-order valence-corrected chi connectivity index (χ0v) is 24.4. The van der Waals surface area contributed by atoms with Gasteiger partial charge in [0.2, 0.25) is 5.82 Å². The van der Waals surface area contributed by atoms with Crippen molar-refractivity contribution in [3.8, 4) is 39.6 Å². The van der Waals surface area contributed by atoms with Gasteiger partial charge in [-0.25, -0.2) is 9.67 Å². The zero-order valence-electron chi connectivity index (χ0n) is 24.4. The van der Waals surface area contributed by atoms with E-state index in [1.54, 1.807) is 0 Å². The number of hydrogen-bond donors (Lipinski definition) is 1. The molecule has 1 atom stereocenters. The fourth-order valence-corrected chi connectivity index (χ4v) is 5.28. The average Bonchev–Trinajstić information content (AvgIpc) is 3.80. The number of nitrogens with one attached hydrogen (secondary N) is 1. The lowest BCUT2D eigenvalue weighted by molar-refractivity contribution is 0.602. The molecule has 0 aliphatic heterocycles. The summed E-state index contributed by atoms with van der Waals surface area (Å²) in [5.41, 5.74) is 7.37. The van der Waals surface area contributed by atoms with E-state index in [2.05, 4.69) is 130 Å². The SMILES string of the molecule is CCCCc1nc(C(C)CC)nn1Cc1ccc(-n2c(-c3ccccc3)cc(-c3ccccc3)c2-c2nn[nH]n2)cc1. The van der Waals surface area contributed by atoms with Crippen LogP contribution in [0.15, 0.2) is 91.0 Å². The predicted octanol–water partition coefficient (Wildman–Crippen LogP) is 7.49. The summed E-state index contributed by atoms with van der Waals surface area (Å²) in [6.45, 7) is 7.29. The molecule has 1 N–H and O–H groups in total. The number of aromatic amines is 1. The highest BCUT2D eigenvalue weighted by molar-refractivity contribution is 5.86. The van der Waals surface area contributed by atoms with E-state index in [0.29, 0.717) is 18.3 Å². The fourth-order valence-electron chi connectivity index (χ4n) is 5.28. The van der Waals surface area contributed by atoms with Crippen molar-refractivity contribution >= 4 is 0 Å². The molecule has 8 heteroatoms. The first kappa shape index (κ1) is 27.3. The van der Waals surface area contributed by atoms with Crippen LogP contribution in [-0.2, 0) is 13.0 Å². The van der Waals surface area contributed by atoms with Crippen molar-refractivity contribution < 1.29 is 0 Å². The fraction of sp³-hybridized carbons (Fsp3) is 0.265. The molecule has 212 valence electrons. The lowest BCUT2D eigenvalue weighted by atomic mass is 10.0. The van der Waals surface area contributed by atoms with E-state index in [-0.39, 0.29) is 0 Å². The number of unbranched alkanes of at least 4 members (excludes halogenated alkanes) is 1. The van der Waals surface area contributed by atoms with Gasteiger partial charge in [-0.1, -0.05) is 100.0 Å². The zero-order chi connectivity index (χ0) is 28.9. The predicted molar refractivity (Wildman–Crippen MR) is 166 cm³/mol. The number of aryl methyl sites for hydroxylation is 1. The number of nitrogens with zero attached hydrogens (tertiary/aromatic N) is 7. The quantitative estimate of drug-likeness (QED) is 0.179. The molecule has 8 nitrogen and oxygen atoms in total. The Balaban J connectivity index is 1.43. The molecule has 6 aromatic rings. The summed E-state index contributed by atoms with van der Waals surface area (Å²) in [5, 5.41) is 20.3. The first-order valence-electron chi connectivity index (χ1n) is 14.8. The van der Waals surface area contributed by atoms with Crippen LogP contribution in [0.1, 0.15) is 63.2 Å². The summed E-state index contributed by atoms with van der Waals surface area (Å²) < 4.78 is 4.32. The molecule has 3 heterocycles. The maximum atomic E-state index is 4.92. The van der Waals surface area contributed by atoms with Crippen LogP contribution in [0.5, 0.6) is 0 Å². The van der Waals surface area contributed by atoms with Crippen molar-refractivity contribution in [1.29, 1.82) is 0 Å². The van der Waals surface area contributed by atoms with Crippen molar-refractivity contribution in [2.45, 2.75) is 58.9 Å². The second-order valence-corrected chi connectivity index (χ2v) is 10.7. The number of rotatable bonds is 11. The molecule has 1 unspecified atom stereocenters. The van der Waals surface area contributed by atoms with Crippen LogP contribution >= 0.6 is 0 Å². The first-order chi connectivity index (χ1) is 20.7. The van der Waals surface area contributed by atoms with Gasteiger partial charge in [0.05, 0.1) is 12.2 Å². The molecular weight excluding hydrogens is 520 g/mol. The van der Waals surface area contributed by atoms with Gasteiger partial charge in [-0.2, -0.15) is 10.3 Å². The average molecular weight is 557 g/mol. The van der Waals surface area contributed by atoms with Gasteiger partial charge in [-0.3, -0.25) is 0 Å². The molecule has 0 radical (unpaired) electrons. The summed E-state index contributed by atoms with van der Waals surface area (Å²) in [4.78, 5) is 4.92. The molecule has 0 spiro atoms. The van der Waals surface area contributed by atoms with E-state index in [9.17, 15) is 0 Å². The van der Waals surface area contributed by atoms with Crippen LogP contribution in [0.4, 0.5) is 0 Å². The minimum atomic E-state index is 0.349. The summed E-state index contributed by atoms with van der Waals surface area (Å²) >= 11 is 0. The third-order valence-corrected chi connectivity index (χ3v) is 7.81. The van der Waals surface area contributed by atoms with E-state index >= 15 is 0 Å². The summed E-state index contributed by atoms with van der Waals surface area (Å²) in [6, 6.07) is 31.7. The van der Waals surface area contributed by atoms with Gasteiger partial charge in [-0.05, 0) is 52.9 Å². The van der Waals surface area contributed by atoms with Crippen molar-refractivity contribution in [2.24, 2.45) is 0 Å². The highest BCUT2D eigenvalue weighted by atomic mass is 15.5. The molecule has 0 fully saturated rings. The molecular formula is C34H36N8. The molecule has 6 rings (SSSR count). The monoisotopic (exact) mass is 556 g/mol. The third-order valence-electron chi connectivity index (χ3n) is 7.81. The molecule has 42 heavy (non-hydrogen) atoms. The Kier molecular flexibility index (Phi) is 8.03. The van der Waals surface area contributed by atoms with E-state index < -0.39 is 0 Å². The minimum absolute atomic E-state index is 0.349. The van der Waals surface area contributed by atoms with E-state index in [1.807, 2.05) is 12.1 Å². The number of tetrazole rings is 1. The van der Waals surface area contributed by atoms with Gasteiger partial charge in [0.15, 0.2) is 5.82 Å². The van der Waals surface area contributed by atoms with Gasteiger partial charge in [0.25, 0.3) is 0 Å². The molecule has 3 aromatic heterocycles. The number of hydrogen-bond acceptors (Lipinski definition) is 5. The summed E-state index contributed by atoms with van der Waals surface area (Å²) in [7, 11) is 0. The molecule has 0 aliphatic carbocycles. The van der Waals surface area contributed by atoms with E-state index in [1.165, 1.54) is 5.56 Å². The summed E-state index contributed by atoms with van der Waals surface area (Å²) in [6.07, 6.45) is 4.21. The largest absolute Gasteiger partial charge is 0.306 e. The van der Waals surface area contributed by atoms with Crippen LogP contribution < -0.4 is 0 Å². The van der Waals surface area contributed by atoms with Crippen molar-refractivity contribution in [1.82, 2.24) is 40.0 Å². The number of benzene rings is 3. The van der Waals surface area contributed by atoms with Crippen LogP contribution in [0.2, 0.25) is 0 Å². The Bertz CT molecular complexity index is 1720. The highest BCUT2D eigenvalue weighted by Crippen LogP contribution is 2.39. The molecule has 0 saturated carbocycles. The van der Waals surface area contributed by atoms with Crippen LogP contribution in [-0.4, -0.2) is 40.0 Å². The number of aromatic nitrogens is 8. The maximum absolute atomic E-state index is 4.92. The van der Waals surface area contributed by atoms with Gasteiger partial charge in [-0.15, -0.1) is 10.2 Å². The van der Waals surface area contributed by atoms with Crippen LogP contribution in [0, 0.1) is 0 Å². The number of H-pyrrole nitrogens is 1. The third kappa shape index (κ3) is 5.52. The van der Waals surface area contributed by atoms with Gasteiger partial charge in [0, 0.05) is 23.6 Å². The lowest BCUT2D eigenvalue weighted by Crippen LogP contribution is -2.08. The van der Waals surface area contributed by atoms with Gasteiger partial charge >= 0.3 is 0 Å². The maximum Gasteiger partial charge on any atom is 0.222 e. The smallest absolute Gasteiger partial charge is 0.222 e. The van der Waals surface area contributed by atoms with E-state index in [0.717, 1.165) is 71.1 Å². The molecule has 0 aliphatic rings. The standard InChI is InChI=1S/C34H36N8/c1-4-6-17-31-35-33(24(3)5-2)38-41(31)23-25-18-20-28(21-19-25)42-30(27-15-11-8-12-16-27)22-29(26-13-9-7-10-14-26)32(42)34-36-39-40-37-34/h7-16,18-22,24H,4-6,17,23H2,1-3H3,(H,36,37,39,40). The van der Waals surface area contributed by atoms with Gasteiger partial charge < -0.3 is 4.57 Å². The topological polar surface area (TPSA) is 90.1 Å². The second kappa shape index (κ2) is 12.3. The van der Waals surface area contributed by atoms with Crippen molar-refractivity contribution in [3.05, 3.63) is 108 Å². The Hall–Kier alpha value is -4.85. The normalized spacial score (nSPS) is 12.1. The van der Waals surface area contributed by atoms with Crippen LogP contribution in [0.3, 0.4) is 0 Å². The minimum Gasteiger partial charge on any atom is -0.306 e. The molecule has 0 bridgehead atoms. The van der Waals surface area contributed by atoms with Crippen LogP contribution in [0.25, 0.3) is 39.6 Å². The van der Waals surface area contributed by atoms with Crippen molar-refractivity contribution in [3.63, 3.8) is 0 Å². The Morgan fingerprint density at radius 1 is 0.857 bits per heavy atom. The van der Waals surface area contributed by atoms with Crippen molar-refractivity contribution in [2.75, 3.05) is 0 Å². The second-order valence-electron chi connectivity index (χ2n) is 10.7. The Labute approximate surface area is 246 Å². The Morgan fingerprint density at radius 3 is 2.21 bits per heavy atom. The molecule has 0 amide bonds. The summed E-state index contributed by atoms with van der Waals surface area (Å²) in [5.74, 6) is 2.90. The molecule has 0 saturated heterocycles. The van der Waals surface area contributed by atoms with Gasteiger partial charge in [0.1, 0.15) is 11.5 Å². The van der Waals surface area contributed by atoms with E-state index in [4.69, 9.17) is 10.1 Å².